The maximum absolute atomic E-state index is 13.7. The first-order valence-corrected chi connectivity index (χ1v) is 7.52. The van der Waals surface area contributed by atoms with Crippen molar-refractivity contribution in [1.82, 2.24) is 10.2 Å². The molecule has 1 aromatic rings. The van der Waals surface area contributed by atoms with Crippen molar-refractivity contribution in [3.63, 3.8) is 0 Å². The van der Waals surface area contributed by atoms with Gasteiger partial charge < -0.3 is 10.2 Å². The summed E-state index contributed by atoms with van der Waals surface area (Å²) in [6.45, 7) is 0.882. The first-order chi connectivity index (χ1) is 10.0. The van der Waals surface area contributed by atoms with Gasteiger partial charge in [0.15, 0.2) is 0 Å². The third-order valence-corrected chi connectivity index (χ3v) is 4.00. The number of hydrogen-bond donors (Lipinski definition) is 1. The van der Waals surface area contributed by atoms with Crippen LogP contribution in [-0.2, 0) is 4.79 Å². The number of alkyl halides is 1. The van der Waals surface area contributed by atoms with Gasteiger partial charge in [0.2, 0.25) is 5.91 Å². The smallest absolute Gasteiger partial charge is 0.258 e. The van der Waals surface area contributed by atoms with Crippen molar-refractivity contribution in [2.45, 2.75) is 18.9 Å². The van der Waals surface area contributed by atoms with Crippen LogP contribution in [-0.4, -0.2) is 41.7 Å². The number of halogens is 3. The lowest BCUT2D eigenvalue weighted by molar-refractivity contribution is -0.119. The molecule has 2 amide bonds. The fourth-order valence-electron chi connectivity index (χ4n) is 2.35. The Bertz CT molecular complexity index is 526. The van der Waals surface area contributed by atoms with Crippen LogP contribution in [0.5, 0.6) is 0 Å². The number of benzene rings is 1. The monoisotopic (exact) mass is 332 g/mol. The summed E-state index contributed by atoms with van der Waals surface area (Å²) in [6.07, 6.45) is 1.22. The number of carbonyl (C=O) groups excluding carboxylic acids is 2. The van der Waals surface area contributed by atoms with Crippen LogP contribution in [0.4, 0.5) is 4.39 Å². The van der Waals surface area contributed by atoms with Gasteiger partial charge in [-0.05, 0) is 25.0 Å². The van der Waals surface area contributed by atoms with E-state index >= 15 is 0 Å². The summed E-state index contributed by atoms with van der Waals surface area (Å²) in [4.78, 5) is 25.1. The Hall–Kier alpha value is -1.33. The van der Waals surface area contributed by atoms with E-state index in [-0.39, 0.29) is 28.4 Å². The largest absolute Gasteiger partial charge is 0.352 e. The second-order valence-corrected chi connectivity index (χ2v) is 5.54. The minimum Gasteiger partial charge on any atom is -0.352 e. The summed E-state index contributed by atoms with van der Waals surface area (Å²) in [5.41, 5.74) is -0.0950. The van der Waals surface area contributed by atoms with Crippen LogP contribution in [0.25, 0.3) is 0 Å². The number of amides is 2. The third kappa shape index (κ3) is 3.86. The van der Waals surface area contributed by atoms with Crippen molar-refractivity contribution < 1.29 is 14.0 Å². The van der Waals surface area contributed by atoms with Crippen LogP contribution in [0, 0.1) is 5.82 Å². The number of hydrogen-bond acceptors (Lipinski definition) is 2. The van der Waals surface area contributed by atoms with Crippen LogP contribution >= 0.6 is 23.2 Å². The Balaban J connectivity index is 1.99. The van der Waals surface area contributed by atoms with Gasteiger partial charge in [0, 0.05) is 19.1 Å². The third-order valence-electron chi connectivity index (χ3n) is 3.45. The Labute approximate surface area is 132 Å². The molecule has 4 nitrogen and oxygen atoms in total. The lowest BCUT2D eigenvalue weighted by Gasteiger charge is -2.32. The first-order valence-electron chi connectivity index (χ1n) is 6.61. The summed E-state index contributed by atoms with van der Waals surface area (Å²) in [5, 5.41) is 2.89. The SMILES string of the molecule is O=C(CCl)NC1CCN(C(=O)c2c(F)cccc2Cl)CC1. The summed E-state index contributed by atoms with van der Waals surface area (Å²) < 4.78 is 13.7. The number of likely N-dealkylation sites (tertiary alicyclic amines) is 1. The molecule has 1 aromatic carbocycles. The van der Waals surface area contributed by atoms with Gasteiger partial charge in [-0.2, -0.15) is 0 Å². The van der Waals surface area contributed by atoms with Gasteiger partial charge in [-0.25, -0.2) is 4.39 Å². The Kier molecular flexibility index (Phi) is 5.42. The normalized spacial score (nSPS) is 15.9. The quantitative estimate of drug-likeness (QED) is 0.864. The van der Waals surface area contributed by atoms with Crippen LogP contribution in [0.2, 0.25) is 5.02 Å². The maximum atomic E-state index is 13.7. The fraction of sp³-hybridized carbons (Fsp3) is 0.429. The predicted molar refractivity (Wildman–Crippen MR) is 79.2 cm³/mol. The van der Waals surface area contributed by atoms with E-state index in [0.717, 1.165) is 0 Å². The highest BCUT2D eigenvalue weighted by Crippen LogP contribution is 2.22. The van der Waals surface area contributed by atoms with Crippen molar-refractivity contribution in [3.05, 3.63) is 34.6 Å². The Morgan fingerprint density at radius 2 is 2.00 bits per heavy atom. The van der Waals surface area contributed by atoms with E-state index in [9.17, 15) is 14.0 Å². The van der Waals surface area contributed by atoms with Crippen molar-refractivity contribution in [1.29, 1.82) is 0 Å². The van der Waals surface area contributed by atoms with Crippen molar-refractivity contribution in [3.8, 4) is 0 Å². The molecule has 0 spiro atoms. The number of nitrogens with one attached hydrogen (secondary N) is 1. The molecule has 0 aromatic heterocycles. The molecule has 1 fully saturated rings. The zero-order valence-corrected chi connectivity index (χ0v) is 12.8. The fourth-order valence-corrected chi connectivity index (χ4v) is 2.67. The summed E-state index contributed by atoms with van der Waals surface area (Å²) in [5.74, 6) is -1.34. The molecule has 21 heavy (non-hydrogen) atoms. The summed E-state index contributed by atoms with van der Waals surface area (Å²) in [7, 11) is 0. The lowest BCUT2D eigenvalue weighted by Crippen LogP contribution is -2.47. The van der Waals surface area contributed by atoms with E-state index in [1.165, 1.54) is 18.2 Å². The van der Waals surface area contributed by atoms with E-state index in [1.54, 1.807) is 4.90 Å². The molecule has 0 bridgehead atoms. The molecule has 0 aliphatic carbocycles. The molecular weight excluding hydrogens is 318 g/mol. The molecule has 114 valence electrons. The van der Waals surface area contributed by atoms with E-state index in [0.29, 0.717) is 25.9 Å². The maximum Gasteiger partial charge on any atom is 0.258 e. The summed E-state index contributed by atoms with van der Waals surface area (Å²) >= 11 is 11.3. The molecule has 7 heteroatoms. The molecule has 1 aliphatic rings. The second-order valence-electron chi connectivity index (χ2n) is 4.86. The first kappa shape index (κ1) is 16.0. The molecule has 1 aliphatic heterocycles. The van der Waals surface area contributed by atoms with Crippen LogP contribution < -0.4 is 5.32 Å². The van der Waals surface area contributed by atoms with Gasteiger partial charge in [0.05, 0.1) is 10.6 Å². The predicted octanol–water partition coefficient (Wildman–Crippen LogP) is 2.44. The van der Waals surface area contributed by atoms with Gasteiger partial charge in [-0.1, -0.05) is 17.7 Å². The zero-order chi connectivity index (χ0) is 15.4. The van der Waals surface area contributed by atoms with Gasteiger partial charge in [0.1, 0.15) is 11.7 Å². The van der Waals surface area contributed by atoms with E-state index in [1.807, 2.05) is 0 Å². The molecule has 0 radical (unpaired) electrons. The second kappa shape index (κ2) is 7.09. The molecule has 0 atom stereocenters. The number of piperidine rings is 1. The molecule has 2 rings (SSSR count). The highest BCUT2D eigenvalue weighted by Gasteiger charge is 2.27. The topological polar surface area (TPSA) is 49.4 Å². The number of rotatable bonds is 3. The highest BCUT2D eigenvalue weighted by atomic mass is 35.5. The Morgan fingerprint density at radius 1 is 1.33 bits per heavy atom. The standard InChI is InChI=1S/C14H15Cl2FN2O2/c15-8-12(20)18-9-4-6-19(7-5-9)14(21)13-10(16)2-1-3-11(13)17/h1-3,9H,4-8H2,(H,18,20). The highest BCUT2D eigenvalue weighted by molar-refractivity contribution is 6.33. The minimum atomic E-state index is -0.620. The van der Waals surface area contributed by atoms with Crippen LogP contribution in [0.1, 0.15) is 23.2 Å². The van der Waals surface area contributed by atoms with Crippen molar-refractivity contribution in [2.24, 2.45) is 0 Å². The van der Waals surface area contributed by atoms with E-state index < -0.39 is 11.7 Å². The van der Waals surface area contributed by atoms with Crippen LogP contribution in [0.15, 0.2) is 18.2 Å². The zero-order valence-electron chi connectivity index (χ0n) is 11.2. The Morgan fingerprint density at radius 3 is 2.57 bits per heavy atom. The molecule has 0 unspecified atom stereocenters. The molecule has 1 heterocycles. The van der Waals surface area contributed by atoms with Crippen LogP contribution in [0.3, 0.4) is 0 Å². The van der Waals surface area contributed by atoms with Gasteiger partial charge in [-0.15, -0.1) is 11.6 Å². The van der Waals surface area contributed by atoms with Gasteiger partial charge in [0.25, 0.3) is 5.91 Å². The molecule has 1 saturated heterocycles. The number of nitrogens with zero attached hydrogens (tertiary/aromatic N) is 1. The van der Waals surface area contributed by atoms with E-state index in [4.69, 9.17) is 23.2 Å². The molecule has 0 saturated carbocycles. The lowest BCUT2D eigenvalue weighted by atomic mass is 10.0. The van der Waals surface area contributed by atoms with Gasteiger partial charge >= 0.3 is 0 Å². The average molecular weight is 333 g/mol. The van der Waals surface area contributed by atoms with Gasteiger partial charge in [-0.3, -0.25) is 9.59 Å². The molecule has 1 N–H and O–H groups in total. The van der Waals surface area contributed by atoms with Crippen molar-refractivity contribution >= 4 is 35.0 Å². The average Bonchev–Trinajstić information content (AvgIpc) is 2.47. The molecular formula is C14H15Cl2FN2O2. The number of carbonyl (C=O) groups is 2. The minimum absolute atomic E-state index is 0.00334. The van der Waals surface area contributed by atoms with E-state index in [2.05, 4.69) is 5.32 Å². The van der Waals surface area contributed by atoms with Crippen molar-refractivity contribution in [2.75, 3.05) is 19.0 Å². The summed E-state index contributed by atoms with van der Waals surface area (Å²) in [6, 6.07) is 4.16.